The van der Waals surface area contributed by atoms with Gasteiger partial charge in [0, 0.05) is 0 Å². The monoisotopic (exact) mass is 281 g/mol. The molecule has 1 aromatic rings. The number of hydrogen-bond acceptors (Lipinski definition) is 3. The first-order valence-corrected chi connectivity index (χ1v) is 6.77. The highest BCUT2D eigenvalue weighted by atomic mass is 19.1. The molecular formula is C15H20FNO3. The van der Waals surface area contributed by atoms with Crippen LogP contribution in [0, 0.1) is 11.2 Å². The maximum Gasteiger partial charge on any atom is 0.231 e. The molecule has 1 heterocycles. The molecular weight excluding hydrogens is 261 g/mol. The van der Waals surface area contributed by atoms with E-state index in [4.69, 9.17) is 9.47 Å². The van der Waals surface area contributed by atoms with Crippen LogP contribution in [0.15, 0.2) is 18.2 Å². The van der Waals surface area contributed by atoms with Crippen LogP contribution >= 0.6 is 0 Å². The molecule has 1 aliphatic rings. The molecule has 2 rings (SSSR count). The Morgan fingerprint density at radius 2 is 2.25 bits per heavy atom. The number of carbonyl (C=O) groups excluding carboxylic acids is 1. The largest absolute Gasteiger partial charge is 0.491 e. The minimum Gasteiger partial charge on any atom is -0.491 e. The number of benzene rings is 1. The molecule has 1 N–H and O–H groups in total. The Bertz CT molecular complexity index is 500. The Morgan fingerprint density at radius 1 is 1.55 bits per heavy atom. The van der Waals surface area contributed by atoms with Gasteiger partial charge in [-0.15, -0.1) is 0 Å². The van der Waals surface area contributed by atoms with Crippen molar-refractivity contribution < 1.29 is 18.7 Å². The Labute approximate surface area is 118 Å². The summed E-state index contributed by atoms with van der Waals surface area (Å²) in [4.78, 5) is 12.1. The summed E-state index contributed by atoms with van der Waals surface area (Å²) in [7, 11) is 0. The fourth-order valence-corrected chi connectivity index (χ4v) is 2.05. The lowest BCUT2D eigenvalue weighted by Crippen LogP contribution is -2.52. The summed E-state index contributed by atoms with van der Waals surface area (Å²) < 4.78 is 24.0. The van der Waals surface area contributed by atoms with E-state index in [1.54, 1.807) is 19.1 Å². The van der Waals surface area contributed by atoms with Crippen LogP contribution in [-0.4, -0.2) is 25.7 Å². The third-order valence-corrected chi connectivity index (χ3v) is 3.49. The molecule has 4 nitrogen and oxygen atoms in total. The Kier molecular flexibility index (Phi) is 4.28. The van der Waals surface area contributed by atoms with Crippen LogP contribution in [0.2, 0.25) is 0 Å². The molecule has 0 aliphatic carbocycles. The van der Waals surface area contributed by atoms with Gasteiger partial charge in [-0.1, -0.05) is 6.07 Å². The Balaban J connectivity index is 2.03. The molecule has 0 unspecified atom stereocenters. The average molecular weight is 281 g/mol. The van der Waals surface area contributed by atoms with Crippen molar-refractivity contribution in [3.8, 4) is 5.75 Å². The van der Waals surface area contributed by atoms with E-state index in [9.17, 15) is 9.18 Å². The van der Waals surface area contributed by atoms with E-state index in [0.29, 0.717) is 25.4 Å². The van der Waals surface area contributed by atoms with Gasteiger partial charge in [-0.25, -0.2) is 4.39 Å². The van der Waals surface area contributed by atoms with Crippen LogP contribution in [0.5, 0.6) is 5.75 Å². The summed E-state index contributed by atoms with van der Waals surface area (Å²) in [6, 6.07) is 4.49. The van der Waals surface area contributed by atoms with E-state index < -0.39 is 11.2 Å². The van der Waals surface area contributed by atoms with Crippen molar-refractivity contribution in [1.29, 1.82) is 0 Å². The number of rotatable bonds is 5. The van der Waals surface area contributed by atoms with Gasteiger partial charge in [0.25, 0.3) is 0 Å². The van der Waals surface area contributed by atoms with Crippen molar-refractivity contribution >= 4 is 5.91 Å². The molecule has 20 heavy (non-hydrogen) atoms. The van der Waals surface area contributed by atoms with Crippen molar-refractivity contribution in [3.05, 3.63) is 29.6 Å². The molecule has 0 spiro atoms. The first kappa shape index (κ1) is 14.8. The second-order valence-corrected chi connectivity index (χ2v) is 5.37. The number of ether oxygens (including phenoxy) is 2. The smallest absolute Gasteiger partial charge is 0.231 e. The van der Waals surface area contributed by atoms with E-state index in [1.807, 2.05) is 13.8 Å². The standard InChI is InChI=1S/C15H20FNO3/c1-4-20-13-6-5-11(7-12(13)16)10(2)17-14(18)15(3)8-19-9-15/h5-7,10H,4,8-9H2,1-3H3,(H,17,18)/t10-/m0/s1. The lowest BCUT2D eigenvalue weighted by molar-refractivity contribution is -0.158. The topological polar surface area (TPSA) is 47.6 Å². The molecule has 0 saturated carbocycles. The molecule has 1 atom stereocenters. The molecule has 1 amide bonds. The zero-order valence-corrected chi connectivity index (χ0v) is 12.0. The van der Waals surface area contributed by atoms with Crippen molar-refractivity contribution in [2.45, 2.75) is 26.8 Å². The van der Waals surface area contributed by atoms with E-state index in [1.165, 1.54) is 6.07 Å². The maximum absolute atomic E-state index is 13.8. The molecule has 0 bridgehead atoms. The van der Waals surface area contributed by atoms with Crippen LogP contribution in [0.25, 0.3) is 0 Å². The molecule has 0 aromatic heterocycles. The predicted molar refractivity (Wildman–Crippen MR) is 73.1 cm³/mol. The highest BCUT2D eigenvalue weighted by Crippen LogP contribution is 2.28. The summed E-state index contributed by atoms with van der Waals surface area (Å²) in [5, 5.41) is 2.89. The lowest BCUT2D eigenvalue weighted by Gasteiger charge is -2.37. The molecule has 1 saturated heterocycles. The van der Waals surface area contributed by atoms with Gasteiger partial charge < -0.3 is 14.8 Å². The molecule has 110 valence electrons. The summed E-state index contributed by atoms with van der Waals surface area (Å²) in [5.74, 6) is -0.247. The Hall–Kier alpha value is -1.62. The van der Waals surface area contributed by atoms with Crippen LogP contribution in [-0.2, 0) is 9.53 Å². The van der Waals surface area contributed by atoms with E-state index in [0.717, 1.165) is 0 Å². The van der Waals surface area contributed by atoms with Crippen molar-refractivity contribution in [3.63, 3.8) is 0 Å². The highest BCUT2D eigenvalue weighted by Gasteiger charge is 2.41. The summed E-state index contributed by atoms with van der Waals surface area (Å²) >= 11 is 0. The van der Waals surface area contributed by atoms with Crippen molar-refractivity contribution in [1.82, 2.24) is 5.32 Å². The minimum absolute atomic E-state index is 0.0643. The molecule has 5 heteroatoms. The van der Waals surface area contributed by atoms with Gasteiger partial charge in [0.05, 0.1) is 31.3 Å². The number of nitrogens with one attached hydrogen (secondary N) is 1. The number of carbonyl (C=O) groups is 1. The summed E-state index contributed by atoms with van der Waals surface area (Å²) in [6.07, 6.45) is 0. The van der Waals surface area contributed by atoms with Crippen molar-refractivity contribution in [2.75, 3.05) is 19.8 Å². The third-order valence-electron chi connectivity index (χ3n) is 3.49. The fourth-order valence-electron chi connectivity index (χ4n) is 2.05. The maximum atomic E-state index is 13.8. The predicted octanol–water partition coefficient (Wildman–Crippen LogP) is 2.44. The van der Waals surface area contributed by atoms with Gasteiger partial charge in [0.1, 0.15) is 0 Å². The van der Waals surface area contributed by atoms with E-state index >= 15 is 0 Å². The Morgan fingerprint density at radius 3 is 2.75 bits per heavy atom. The van der Waals surface area contributed by atoms with Crippen LogP contribution < -0.4 is 10.1 Å². The van der Waals surface area contributed by atoms with Gasteiger partial charge in [0.15, 0.2) is 11.6 Å². The second-order valence-electron chi connectivity index (χ2n) is 5.37. The number of hydrogen-bond donors (Lipinski definition) is 1. The summed E-state index contributed by atoms with van der Waals surface area (Å²) in [6.45, 7) is 6.78. The molecule has 1 aliphatic heterocycles. The van der Waals surface area contributed by atoms with Gasteiger partial charge >= 0.3 is 0 Å². The van der Waals surface area contributed by atoms with E-state index in [-0.39, 0.29) is 17.7 Å². The van der Waals surface area contributed by atoms with Crippen molar-refractivity contribution in [2.24, 2.45) is 5.41 Å². The minimum atomic E-state index is -0.460. The molecule has 1 fully saturated rings. The van der Waals surface area contributed by atoms with Gasteiger partial charge in [-0.2, -0.15) is 0 Å². The quantitative estimate of drug-likeness (QED) is 0.901. The van der Waals surface area contributed by atoms with E-state index in [2.05, 4.69) is 5.32 Å². The first-order chi connectivity index (χ1) is 9.46. The molecule has 0 radical (unpaired) electrons. The van der Waals surface area contributed by atoms with Gasteiger partial charge in [-0.05, 0) is 38.5 Å². The van der Waals surface area contributed by atoms with Crippen LogP contribution in [0.3, 0.4) is 0 Å². The SMILES string of the molecule is CCOc1ccc([C@H](C)NC(=O)C2(C)COC2)cc1F. The van der Waals surface area contributed by atoms with Gasteiger partial charge in [0.2, 0.25) is 5.91 Å². The average Bonchev–Trinajstić information content (AvgIpc) is 2.38. The second kappa shape index (κ2) is 5.79. The lowest BCUT2D eigenvalue weighted by atomic mass is 9.87. The zero-order valence-electron chi connectivity index (χ0n) is 12.0. The first-order valence-electron chi connectivity index (χ1n) is 6.77. The van der Waals surface area contributed by atoms with Gasteiger partial charge in [-0.3, -0.25) is 4.79 Å². The zero-order chi connectivity index (χ0) is 14.8. The highest BCUT2D eigenvalue weighted by molar-refractivity contribution is 5.83. The number of halogens is 1. The fraction of sp³-hybridized carbons (Fsp3) is 0.533. The summed E-state index contributed by atoms with van der Waals surface area (Å²) in [5.41, 5.74) is 0.251. The molecule has 1 aromatic carbocycles. The van der Waals surface area contributed by atoms with Crippen LogP contribution in [0.4, 0.5) is 4.39 Å². The third kappa shape index (κ3) is 2.93. The van der Waals surface area contributed by atoms with Crippen LogP contribution in [0.1, 0.15) is 32.4 Å². The normalized spacial score (nSPS) is 18.0. The number of amides is 1.